The summed E-state index contributed by atoms with van der Waals surface area (Å²) in [7, 11) is 0. The summed E-state index contributed by atoms with van der Waals surface area (Å²) in [6.07, 6.45) is -4.66. The Balaban J connectivity index is 1.89. The van der Waals surface area contributed by atoms with Gasteiger partial charge in [0.2, 0.25) is 11.8 Å². The molecule has 22 heavy (non-hydrogen) atoms. The second-order valence-corrected chi connectivity index (χ2v) is 5.51. The van der Waals surface area contributed by atoms with E-state index in [1.165, 1.54) is 0 Å². The van der Waals surface area contributed by atoms with Gasteiger partial charge in [0.1, 0.15) is 6.54 Å². The van der Waals surface area contributed by atoms with Crippen molar-refractivity contribution >= 4 is 23.4 Å². The van der Waals surface area contributed by atoms with Crippen LogP contribution in [0.3, 0.4) is 0 Å². The topological polar surface area (TPSA) is 49.4 Å². The lowest BCUT2D eigenvalue weighted by molar-refractivity contribution is -0.157. The van der Waals surface area contributed by atoms with Crippen LogP contribution in [0.25, 0.3) is 0 Å². The minimum atomic E-state index is -4.46. The number of carbonyl (C=O) groups is 2. The van der Waals surface area contributed by atoms with Gasteiger partial charge in [-0.3, -0.25) is 9.59 Å². The zero-order chi connectivity index (χ0) is 16.3. The van der Waals surface area contributed by atoms with Crippen molar-refractivity contribution in [2.24, 2.45) is 5.92 Å². The van der Waals surface area contributed by atoms with E-state index in [9.17, 15) is 22.8 Å². The van der Waals surface area contributed by atoms with E-state index >= 15 is 0 Å². The van der Waals surface area contributed by atoms with Gasteiger partial charge in [-0.2, -0.15) is 13.2 Å². The molecular formula is C14H14ClF3N2O2. The molecule has 0 aliphatic carbocycles. The standard InChI is InChI=1S/C14H14ClF3N2O2/c15-11-4-2-1-3-9(11)6-19-13(22)10-5-12(21)20(7-10)8-14(16,17)18/h1-4,10H,5-8H2,(H,19,22). The van der Waals surface area contributed by atoms with Gasteiger partial charge in [-0.25, -0.2) is 0 Å². The quantitative estimate of drug-likeness (QED) is 0.919. The van der Waals surface area contributed by atoms with Crippen LogP contribution in [0, 0.1) is 5.92 Å². The van der Waals surface area contributed by atoms with Crippen molar-refractivity contribution < 1.29 is 22.8 Å². The fourth-order valence-corrected chi connectivity index (χ4v) is 2.49. The number of rotatable bonds is 4. The third-order valence-corrected chi connectivity index (χ3v) is 3.74. The van der Waals surface area contributed by atoms with Gasteiger partial charge in [0.15, 0.2) is 0 Å². The van der Waals surface area contributed by atoms with Crippen LogP contribution in [-0.4, -0.2) is 36.0 Å². The monoisotopic (exact) mass is 334 g/mol. The second kappa shape index (κ2) is 6.56. The number of nitrogens with one attached hydrogen (secondary N) is 1. The lowest BCUT2D eigenvalue weighted by Crippen LogP contribution is -2.37. The van der Waals surface area contributed by atoms with E-state index in [1.54, 1.807) is 24.3 Å². The zero-order valence-corrected chi connectivity index (χ0v) is 12.2. The van der Waals surface area contributed by atoms with E-state index in [2.05, 4.69) is 5.32 Å². The molecule has 1 N–H and O–H groups in total. The lowest BCUT2D eigenvalue weighted by Gasteiger charge is -2.18. The predicted octanol–water partition coefficient (Wildman–Crippen LogP) is 2.37. The fourth-order valence-electron chi connectivity index (χ4n) is 2.29. The summed E-state index contributed by atoms with van der Waals surface area (Å²) in [5, 5.41) is 3.09. The number of benzene rings is 1. The van der Waals surface area contributed by atoms with Crippen molar-refractivity contribution in [3.63, 3.8) is 0 Å². The van der Waals surface area contributed by atoms with E-state index < -0.39 is 30.5 Å². The molecule has 1 saturated heterocycles. The van der Waals surface area contributed by atoms with Crippen LogP contribution in [0.1, 0.15) is 12.0 Å². The van der Waals surface area contributed by atoms with Gasteiger partial charge in [0.05, 0.1) is 5.92 Å². The molecule has 0 saturated carbocycles. The Labute approximate surface area is 130 Å². The van der Waals surface area contributed by atoms with E-state index in [1.807, 2.05) is 0 Å². The molecule has 4 nitrogen and oxygen atoms in total. The minimum Gasteiger partial charge on any atom is -0.352 e. The Morgan fingerprint density at radius 2 is 2.05 bits per heavy atom. The highest BCUT2D eigenvalue weighted by atomic mass is 35.5. The van der Waals surface area contributed by atoms with Gasteiger partial charge < -0.3 is 10.2 Å². The van der Waals surface area contributed by atoms with Gasteiger partial charge in [-0.05, 0) is 11.6 Å². The molecule has 2 amide bonds. The molecule has 0 bridgehead atoms. The Bertz CT molecular complexity index is 577. The lowest BCUT2D eigenvalue weighted by atomic mass is 10.1. The number of alkyl halides is 3. The molecule has 0 spiro atoms. The van der Waals surface area contributed by atoms with Crippen LogP contribution in [0.15, 0.2) is 24.3 Å². The Morgan fingerprint density at radius 1 is 1.36 bits per heavy atom. The molecule has 1 heterocycles. The Morgan fingerprint density at radius 3 is 2.68 bits per heavy atom. The highest BCUT2D eigenvalue weighted by Gasteiger charge is 2.40. The largest absolute Gasteiger partial charge is 0.406 e. The molecule has 1 aromatic rings. The first kappa shape index (κ1) is 16.6. The van der Waals surface area contributed by atoms with Crippen molar-refractivity contribution in [3.8, 4) is 0 Å². The van der Waals surface area contributed by atoms with Gasteiger partial charge in [-0.15, -0.1) is 0 Å². The van der Waals surface area contributed by atoms with Crippen molar-refractivity contribution in [3.05, 3.63) is 34.9 Å². The number of carbonyl (C=O) groups excluding carboxylic acids is 2. The van der Waals surface area contributed by atoms with Crippen LogP contribution in [0.2, 0.25) is 5.02 Å². The molecule has 8 heteroatoms. The van der Waals surface area contributed by atoms with Crippen molar-refractivity contribution in [1.82, 2.24) is 10.2 Å². The molecule has 0 aromatic heterocycles. The van der Waals surface area contributed by atoms with E-state index in [0.717, 1.165) is 0 Å². The molecule has 1 unspecified atom stereocenters. The number of hydrogen-bond donors (Lipinski definition) is 1. The predicted molar refractivity (Wildman–Crippen MR) is 74.0 cm³/mol. The van der Waals surface area contributed by atoms with Crippen LogP contribution in [0.4, 0.5) is 13.2 Å². The van der Waals surface area contributed by atoms with Crippen LogP contribution in [0.5, 0.6) is 0 Å². The summed E-state index contributed by atoms with van der Waals surface area (Å²) < 4.78 is 36.9. The molecule has 1 aliphatic heterocycles. The van der Waals surface area contributed by atoms with Crippen LogP contribution >= 0.6 is 11.6 Å². The molecule has 1 atom stereocenters. The van der Waals surface area contributed by atoms with E-state index in [0.29, 0.717) is 15.5 Å². The average Bonchev–Trinajstić information content (AvgIpc) is 2.77. The SMILES string of the molecule is O=C(NCc1ccccc1Cl)C1CC(=O)N(CC(F)(F)F)C1. The fraction of sp³-hybridized carbons (Fsp3) is 0.429. The second-order valence-electron chi connectivity index (χ2n) is 5.10. The average molecular weight is 335 g/mol. The first-order valence-electron chi connectivity index (χ1n) is 6.62. The number of amides is 2. The third kappa shape index (κ3) is 4.37. The van der Waals surface area contributed by atoms with Gasteiger partial charge >= 0.3 is 6.18 Å². The summed E-state index contributed by atoms with van der Waals surface area (Å²) >= 11 is 5.95. The highest BCUT2D eigenvalue weighted by molar-refractivity contribution is 6.31. The summed E-state index contributed by atoms with van der Waals surface area (Å²) in [5.74, 6) is -1.87. The van der Waals surface area contributed by atoms with Crippen molar-refractivity contribution in [2.75, 3.05) is 13.1 Å². The molecular weight excluding hydrogens is 321 g/mol. The molecule has 120 valence electrons. The first-order valence-corrected chi connectivity index (χ1v) is 6.99. The van der Waals surface area contributed by atoms with E-state index in [4.69, 9.17) is 11.6 Å². The van der Waals surface area contributed by atoms with Crippen LogP contribution in [-0.2, 0) is 16.1 Å². The van der Waals surface area contributed by atoms with Gasteiger partial charge in [0.25, 0.3) is 0 Å². The summed E-state index contributed by atoms with van der Waals surface area (Å²) in [5.41, 5.74) is 0.703. The molecule has 1 aliphatic rings. The summed E-state index contributed by atoms with van der Waals surface area (Å²) in [6.45, 7) is -1.37. The smallest absolute Gasteiger partial charge is 0.352 e. The summed E-state index contributed by atoms with van der Waals surface area (Å²) in [4.78, 5) is 24.2. The third-order valence-electron chi connectivity index (χ3n) is 3.37. The van der Waals surface area contributed by atoms with Crippen molar-refractivity contribution in [2.45, 2.75) is 19.1 Å². The molecule has 1 aromatic carbocycles. The Kier molecular flexibility index (Phi) is 4.95. The Hall–Kier alpha value is -1.76. The van der Waals surface area contributed by atoms with E-state index in [-0.39, 0.29) is 19.5 Å². The zero-order valence-electron chi connectivity index (χ0n) is 11.5. The number of nitrogens with zero attached hydrogens (tertiary/aromatic N) is 1. The maximum Gasteiger partial charge on any atom is 0.406 e. The number of likely N-dealkylation sites (tertiary alicyclic amines) is 1. The maximum absolute atomic E-state index is 12.3. The van der Waals surface area contributed by atoms with Crippen molar-refractivity contribution in [1.29, 1.82) is 0 Å². The number of hydrogen-bond acceptors (Lipinski definition) is 2. The highest BCUT2D eigenvalue weighted by Crippen LogP contribution is 2.24. The molecule has 0 radical (unpaired) electrons. The van der Waals surface area contributed by atoms with Gasteiger partial charge in [-0.1, -0.05) is 29.8 Å². The summed E-state index contributed by atoms with van der Waals surface area (Å²) in [6, 6.07) is 6.92. The molecule has 2 rings (SSSR count). The van der Waals surface area contributed by atoms with Gasteiger partial charge in [0, 0.05) is 24.5 Å². The normalized spacial score (nSPS) is 18.6. The van der Waals surface area contributed by atoms with Crippen LogP contribution < -0.4 is 5.32 Å². The maximum atomic E-state index is 12.3. The molecule has 1 fully saturated rings. The first-order chi connectivity index (χ1) is 10.3. The minimum absolute atomic E-state index is 0.169. The number of halogens is 4.